The molecule has 0 aromatic rings. The standard InChI is InChI=1S/C8H12.2C2H6/c1-5-6-8(4)7(2)3;2*1-2/h5-6H,1-2H2,3-4H3;2*1-2H3/b8-6-;;. The molecule has 0 rings (SSSR count). The Hall–Kier alpha value is -0.780. The second kappa shape index (κ2) is 16.7. The molecule has 72 valence electrons. The molecule has 0 radical (unpaired) electrons. The van der Waals surface area contributed by atoms with Crippen molar-refractivity contribution in [2.75, 3.05) is 0 Å². The van der Waals surface area contributed by atoms with Gasteiger partial charge in [0.1, 0.15) is 0 Å². The highest BCUT2D eigenvalue weighted by atomic mass is 13.9. The van der Waals surface area contributed by atoms with Crippen molar-refractivity contribution in [3.8, 4) is 0 Å². The second-order valence-electron chi connectivity index (χ2n) is 1.87. The van der Waals surface area contributed by atoms with E-state index < -0.39 is 0 Å². The smallest absolute Gasteiger partial charge is 0.0395 e. The highest BCUT2D eigenvalue weighted by molar-refractivity contribution is 5.26. The Balaban J connectivity index is -0.000000175. The first kappa shape index (κ1) is 17.3. The van der Waals surface area contributed by atoms with Crippen molar-refractivity contribution in [1.29, 1.82) is 0 Å². The van der Waals surface area contributed by atoms with Gasteiger partial charge in [0.15, 0.2) is 0 Å². The molecule has 0 heteroatoms. The van der Waals surface area contributed by atoms with Crippen LogP contribution in [0.25, 0.3) is 0 Å². The fraction of sp³-hybridized carbons (Fsp3) is 0.500. The van der Waals surface area contributed by atoms with Crippen LogP contribution in [0.1, 0.15) is 41.5 Å². The zero-order valence-corrected chi connectivity index (χ0v) is 9.57. The van der Waals surface area contributed by atoms with Gasteiger partial charge in [-0.25, -0.2) is 0 Å². The molecule has 0 saturated carbocycles. The van der Waals surface area contributed by atoms with Crippen LogP contribution >= 0.6 is 0 Å². The largest absolute Gasteiger partial charge is 0.0991 e. The Morgan fingerprint density at radius 1 is 1.00 bits per heavy atom. The first-order valence-electron chi connectivity index (χ1n) is 4.63. The van der Waals surface area contributed by atoms with E-state index in [1.807, 2.05) is 47.6 Å². The molecule has 12 heavy (non-hydrogen) atoms. The third-order valence-corrected chi connectivity index (χ3v) is 1.04. The fourth-order valence-corrected chi connectivity index (χ4v) is 0.319. The number of rotatable bonds is 2. The Morgan fingerprint density at radius 2 is 1.33 bits per heavy atom. The van der Waals surface area contributed by atoms with Crippen molar-refractivity contribution in [1.82, 2.24) is 0 Å². The van der Waals surface area contributed by atoms with Gasteiger partial charge in [-0.15, -0.1) is 0 Å². The molecule has 0 spiro atoms. The molecule has 0 heterocycles. The molecule has 0 amide bonds. The van der Waals surface area contributed by atoms with Crippen LogP contribution < -0.4 is 0 Å². The second-order valence-corrected chi connectivity index (χ2v) is 1.87. The molecule has 0 aromatic heterocycles. The molecule has 0 saturated heterocycles. The molecule has 0 N–H and O–H groups in total. The van der Waals surface area contributed by atoms with Gasteiger partial charge in [-0.2, -0.15) is 0 Å². The molecule has 0 nitrogen and oxygen atoms in total. The Bertz CT molecular complexity index is 127. The Morgan fingerprint density at radius 3 is 1.42 bits per heavy atom. The summed E-state index contributed by atoms with van der Waals surface area (Å²) < 4.78 is 0. The van der Waals surface area contributed by atoms with Gasteiger partial charge < -0.3 is 0 Å². The minimum Gasteiger partial charge on any atom is -0.0991 e. The topological polar surface area (TPSA) is 0 Å². The van der Waals surface area contributed by atoms with E-state index in [-0.39, 0.29) is 0 Å². The molecular formula is C12H24. The summed E-state index contributed by atoms with van der Waals surface area (Å²) in [6, 6.07) is 0. The van der Waals surface area contributed by atoms with Crippen molar-refractivity contribution in [3.05, 3.63) is 36.5 Å². The van der Waals surface area contributed by atoms with Crippen LogP contribution in [0.5, 0.6) is 0 Å². The molecule has 0 unspecified atom stereocenters. The predicted octanol–water partition coefficient (Wildman–Crippen LogP) is 4.75. The van der Waals surface area contributed by atoms with Gasteiger partial charge in [0.05, 0.1) is 0 Å². The zero-order valence-electron chi connectivity index (χ0n) is 9.57. The van der Waals surface area contributed by atoms with Crippen molar-refractivity contribution >= 4 is 0 Å². The summed E-state index contributed by atoms with van der Waals surface area (Å²) in [6.07, 6.45) is 3.71. The van der Waals surface area contributed by atoms with E-state index in [9.17, 15) is 0 Å². The van der Waals surface area contributed by atoms with E-state index in [0.717, 1.165) is 5.57 Å². The summed E-state index contributed by atoms with van der Waals surface area (Å²) in [5, 5.41) is 0. The first-order valence-corrected chi connectivity index (χ1v) is 4.63. The predicted molar refractivity (Wildman–Crippen MR) is 61.5 cm³/mol. The summed E-state index contributed by atoms with van der Waals surface area (Å²) in [6.45, 7) is 19.3. The molecule has 0 bridgehead atoms. The Kier molecular flexibility index (Phi) is 24.1. The van der Waals surface area contributed by atoms with Gasteiger partial charge in [-0.05, 0) is 19.4 Å². The summed E-state index contributed by atoms with van der Waals surface area (Å²) in [5.41, 5.74) is 2.30. The first-order chi connectivity index (χ1) is 5.68. The van der Waals surface area contributed by atoms with Gasteiger partial charge in [0, 0.05) is 0 Å². The van der Waals surface area contributed by atoms with Crippen LogP contribution in [0, 0.1) is 0 Å². The monoisotopic (exact) mass is 168 g/mol. The highest BCUT2D eigenvalue weighted by Crippen LogP contribution is 2.03. The van der Waals surface area contributed by atoms with Crippen LogP contribution in [0.15, 0.2) is 36.5 Å². The zero-order chi connectivity index (χ0) is 10.6. The van der Waals surface area contributed by atoms with Gasteiger partial charge in [0.25, 0.3) is 0 Å². The normalized spacial score (nSPS) is 8.33. The van der Waals surface area contributed by atoms with Crippen LogP contribution in [0.2, 0.25) is 0 Å². The SMILES string of the molecule is C=C/C=C(/C)C(=C)C.CC.CC. The summed E-state index contributed by atoms with van der Waals surface area (Å²) in [7, 11) is 0. The van der Waals surface area contributed by atoms with Crippen LogP contribution in [0.4, 0.5) is 0 Å². The molecular weight excluding hydrogens is 144 g/mol. The van der Waals surface area contributed by atoms with Crippen molar-refractivity contribution < 1.29 is 0 Å². The van der Waals surface area contributed by atoms with E-state index in [1.54, 1.807) is 6.08 Å². The van der Waals surface area contributed by atoms with E-state index in [1.165, 1.54) is 5.57 Å². The fourth-order valence-electron chi connectivity index (χ4n) is 0.319. The van der Waals surface area contributed by atoms with Gasteiger partial charge >= 0.3 is 0 Å². The molecule has 0 aliphatic carbocycles. The minimum atomic E-state index is 1.10. The van der Waals surface area contributed by atoms with Crippen LogP contribution in [-0.4, -0.2) is 0 Å². The van der Waals surface area contributed by atoms with E-state index in [2.05, 4.69) is 13.2 Å². The van der Waals surface area contributed by atoms with Crippen molar-refractivity contribution in [2.45, 2.75) is 41.5 Å². The van der Waals surface area contributed by atoms with E-state index >= 15 is 0 Å². The molecule has 0 aliphatic heterocycles. The number of hydrogen-bond acceptors (Lipinski definition) is 0. The lowest BCUT2D eigenvalue weighted by atomic mass is 10.1. The lowest BCUT2D eigenvalue weighted by molar-refractivity contribution is 1.37. The van der Waals surface area contributed by atoms with Gasteiger partial charge in [-0.3, -0.25) is 0 Å². The third kappa shape index (κ3) is 16.1. The lowest BCUT2D eigenvalue weighted by Gasteiger charge is -1.92. The number of hydrogen-bond donors (Lipinski definition) is 0. The maximum atomic E-state index is 3.76. The van der Waals surface area contributed by atoms with Crippen molar-refractivity contribution in [3.63, 3.8) is 0 Å². The minimum absolute atomic E-state index is 1.10. The van der Waals surface area contributed by atoms with Gasteiger partial charge in [0.2, 0.25) is 0 Å². The molecule has 0 aliphatic rings. The summed E-state index contributed by atoms with van der Waals surface area (Å²) >= 11 is 0. The average molecular weight is 168 g/mol. The van der Waals surface area contributed by atoms with Gasteiger partial charge in [-0.1, -0.05) is 58.6 Å². The average Bonchev–Trinajstić information content (AvgIpc) is 2.12. The van der Waals surface area contributed by atoms with Crippen LogP contribution in [-0.2, 0) is 0 Å². The van der Waals surface area contributed by atoms with E-state index in [0.29, 0.717) is 0 Å². The number of allylic oxidation sites excluding steroid dienone is 4. The quantitative estimate of drug-likeness (QED) is 0.522. The molecule has 0 atom stereocenters. The maximum Gasteiger partial charge on any atom is -0.0395 e. The molecule has 0 fully saturated rings. The van der Waals surface area contributed by atoms with E-state index in [4.69, 9.17) is 0 Å². The summed E-state index contributed by atoms with van der Waals surface area (Å²) in [4.78, 5) is 0. The molecule has 0 aromatic carbocycles. The highest BCUT2D eigenvalue weighted by Gasteiger charge is 1.82. The maximum absolute atomic E-state index is 3.76. The summed E-state index contributed by atoms with van der Waals surface area (Å²) in [5.74, 6) is 0. The lowest BCUT2D eigenvalue weighted by Crippen LogP contribution is -1.72. The third-order valence-electron chi connectivity index (χ3n) is 1.04. The Labute approximate surface area is 78.7 Å². The van der Waals surface area contributed by atoms with Crippen LogP contribution in [0.3, 0.4) is 0 Å². The van der Waals surface area contributed by atoms with Crippen molar-refractivity contribution in [2.24, 2.45) is 0 Å².